The smallest absolute Gasteiger partial charge is 0.161 e. The van der Waals surface area contributed by atoms with Crippen LogP contribution in [0.1, 0.15) is 57.6 Å². The summed E-state index contributed by atoms with van der Waals surface area (Å²) in [6.07, 6.45) is 6.47. The fourth-order valence-electron chi connectivity index (χ4n) is 2.90. The van der Waals surface area contributed by atoms with Crippen LogP contribution in [0.3, 0.4) is 0 Å². The average Bonchev–Trinajstić information content (AvgIpc) is 2.48. The normalized spacial score (nSPS) is 24.2. The van der Waals surface area contributed by atoms with E-state index in [0.29, 0.717) is 6.10 Å². The van der Waals surface area contributed by atoms with Crippen LogP contribution in [-0.4, -0.2) is 13.2 Å². The SMILES string of the molecule is CCC1CCC(Oc2ccc([C@H](C)N)cc2OC)CC1. The van der Waals surface area contributed by atoms with Crippen LogP contribution in [-0.2, 0) is 0 Å². The minimum atomic E-state index is 0.0120. The summed E-state index contributed by atoms with van der Waals surface area (Å²) in [7, 11) is 1.68. The molecule has 0 unspecified atom stereocenters. The van der Waals surface area contributed by atoms with Gasteiger partial charge in [-0.2, -0.15) is 0 Å². The van der Waals surface area contributed by atoms with Crippen molar-refractivity contribution in [2.45, 2.75) is 58.1 Å². The first-order chi connectivity index (χ1) is 9.63. The lowest BCUT2D eigenvalue weighted by molar-refractivity contribution is 0.126. The van der Waals surface area contributed by atoms with E-state index in [1.165, 1.54) is 19.3 Å². The molecule has 1 atom stereocenters. The number of hydrogen-bond donors (Lipinski definition) is 1. The molecular weight excluding hydrogens is 250 g/mol. The van der Waals surface area contributed by atoms with Crippen LogP contribution in [0.4, 0.5) is 0 Å². The zero-order valence-electron chi connectivity index (χ0n) is 12.9. The second-order valence-electron chi connectivity index (χ2n) is 5.87. The molecule has 1 aromatic carbocycles. The minimum absolute atomic E-state index is 0.0120. The number of rotatable bonds is 5. The molecule has 0 amide bonds. The molecular formula is C17H27NO2. The average molecular weight is 277 g/mol. The molecule has 0 bridgehead atoms. The molecule has 1 fully saturated rings. The van der Waals surface area contributed by atoms with Gasteiger partial charge in [-0.1, -0.05) is 19.4 Å². The van der Waals surface area contributed by atoms with E-state index in [0.717, 1.165) is 35.8 Å². The molecule has 2 N–H and O–H groups in total. The molecule has 20 heavy (non-hydrogen) atoms. The highest BCUT2D eigenvalue weighted by atomic mass is 16.5. The monoisotopic (exact) mass is 277 g/mol. The lowest BCUT2D eigenvalue weighted by Crippen LogP contribution is -2.24. The highest BCUT2D eigenvalue weighted by Crippen LogP contribution is 2.34. The van der Waals surface area contributed by atoms with Gasteiger partial charge in [0.15, 0.2) is 11.5 Å². The zero-order chi connectivity index (χ0) is 14.5. The summed E-state index contributed by atoms with van der Waals surface area (Å²) < 4.78 is 11.6. The lowest BCUT2D eigenvalue weighted by atomic mass is 9.86. The second-order valence-corrected chi connectivity index (χ2v) is 5.87. The Labute approximate surface area is 122 Å². The second kappa shape index (κ2) is 6.98. The van der Waals surface area contributed by atoms with E-state index in [1.54, 1.807) is 7.11 Å². The fourth-order valence-corrected chi connectivity index (χ4v) is 2.90. The Morgan fingerprint density at radius 3 is 2.45 bits per heavy atom. The van der Waals surface area contributed by atoms with Crippen molar-refractivity contribution in [1.29, 1.82) is 0 Å². The molecule has 0 radical (unpaired) electrons. The van der Waals surface area contributed by atoms with Crippen molar-refractivity contribution in [1.82, 2.24) is 0 Å². The van der Waals surface area contributed by atoms with Crippen molar-refractivity contribution in [3.8, 4) is 11.5 Å². The summed E-state index contributed by atoms with van der Waals surface area (Å²) in [5.74, 6) is 2.52. The van der Waals surface area contributed by atoms with Gasteiger partial charge < -0.3 is 15.2 Å². The topological polar surface area (TPSA) is 44.5 Å². The van der Waals surface area contributed by atoms with E-state index in [1.807, 2.05) is 25.1 Å². The van der Waals surface area contributed by atoms with Crippen LogP contribution in [0.2, 0.25) is 0 Å². The van der Waals surface area contributed by atoms with Crippen molar-refractivity contribution in [2.24, 2.45) is 11.7 Å². The van der Waals surface area contributed by atoms with Crippen LogP contribution in [0.15, 0.2) is 18.2 Å². The van der Waals surface area contributed by atoms with Crippen LogP contribution < -0.4 is 15.2 Å². The van der Waals surface area contributed by atoms with Gasteiger partial charge in [-0.05, 0) is 56.2 Å². The Morgan fingerprint density at radius 1 is 1.20 bits per heavy atom. The number of benzene rings is 1. The molecule has 3 heteroatoms. The van der Waals surface area contributed by atoms with E-state index in [9.17, 15) is 0 Å². The lowest BCUT2D eigenvalue weighted by Gasteiger charge is -2.29. The summed E-state index contributed by atoms with van der Waals surface area (Å²) in [5.41, 5.74) is 6.98. The Bertz CT molecular complexity index is 423. The maximum Gasteiger partial charge on any atom is 0.161 e. The fraction of sp³-hybridized carbons (Fsp3) is 0.647. The third kappa shape index (κ3) is 3.66. The van der Waals surface area contributed by atoms with Gasteiger partial charge in [-0.15, -0.1) is 0 Å². The molecule has 0 spiro atoms. The first-order valence-electron chi connectivity index (χ1n) is 7.74. The van der Waals surface area contributed by atoms with Crippen LogP contribution in [0.25, 0.3) is 0 Å². The third-order valence-corrected chi connectivity index (χ3v) is 4.38. The van der Waals surface area contributed by atoms with Gasteiger partial charge >= 0.3 is 0 Å². The third-order valence-electron chi connectivity index (χ3n) is 4.38. The predicted octanol–water partition coefficient (Wildman–Crippen LogP) is 4.06. The first kappa shape index (κ1) is 15.2. The maximum absolute atomic E-state index is 6.14. The first-order valence-corrected chi connectivity index (χ1v) is 7.74. The highest BCUT2D eigenvalue weighted by molar-refractivity contribution is 5.43. The summed E-state index contributed by atoms with van der Waals surface area (Å²) >= 11 is 0. The van der Waals surface area contributed by atoms with Crippen LogP contribution in [0.5, 0.6) is 11.5 Å². The number of nitrogens with two attached hydrogens (primary N) is 1. The maximum atomic E-state index is 6.14. The van der Waals surface area contributed by atoms with Gasteiger partial charge in [0, 0.05) is 6.04 Å². The Kier molecular flexibility index (Phi) is 5.30. The molecule has 112 valence electrons. The molecule has 0 heterocycles. The van der Waals surface area contributed by atoms with E-state index in [4.69, 9.17) is 15.2 Å². The highest BCUT2D eigenvalue weighted by Gasteiger charge is 2.22. The number of ether oxygens (including phenoxy) is 2. The summed E-state index contributed by atoms with van der Waals surface area (Å²) in [6.45, 7) is 4.25. The number of methoxy groups -OCH3 is 1. The van der Waals surface area contributed by atoms with Gasteiger partial charge in [0.05, 0.1) is 13.2 Å². The van der Waals surface area contributed by atoms with Crippen molar-refractivity contribution in [3.63, 3.8) is 0 Å². The van der Waals surface area contributed by atoms with Crippen molar-refractivity contribution in [2.75, 3.05) is 7.11 Å². The van der Waals surface area contributed by atoms with E-state index in [2.05, 4.69) is 6.92 Å². The van der Waals surface area contributed by atoms with Gasteiger partial charge in [0.1, 0.15) is 0 Å². The molecule has 1 aliphatic carbocycles. The molecule has 0 saturated heterocycles. The quantitative estimate of drug-likeness (QED) is 0.882. The summed E-state index contributed by atoms with van der Waals surface area (Å²) in [5, 5.41) is 0. The molecule has 0 aromatic heterocycles. The minimum Gasteiger partial charge on any atom is -0.493 e. The molecule has 1 saturated carbocycles. The van der Waals surface area contributed by atoms with E-state index < -0.39 is 0 Å². The predicted molar refractivity (Wildman–Crippen MR) is 82.3 cm³/mol. The summed E-state index contributed by atoms with van der Waals surface area (Å²) in [4.78, 5) is 0. The van der Waals surface area contributed by atoms with Gasteiger partial charge in [0.2, 0.25) is 0 Å². The van der Waals surface area contributed by atoms with Gasteiger partial charge in [0.25, 0.3) is 0 Å². The van der Waals surface area contributed by atoms with Gasteiger partial charge in [-0.25, -0.2) is 0 Å². The van der Waals surface area contributed by atoms with Gasteiger partial charge in [-0.3, -0.25) is 0 Å². The Morgan fingerprint density at radius 2 is 1.90 bits per heavy atom. The standard InChI is InChI=1S/C17H27NO2/c1-4-13-5-8-15(9-6-13)20-16-10-7-14(12(2)18)11-17(16)19-3/h7,10-13,15H,4-6,8-9,18H2,1-3H3/t12-,13?,15?/m0/s1. The van der Waals surface area contributed by atoms with Crippen LogP contribution in [0, 0.1) is 5.92 Å². The molecule has 0 aliphatic heterocycles. The van der Waals surface area contributed by atoms with Crippen molar-refractivity contribution >= 4 is 0 Å². The Hall–Kier alpha value is -1.22. The molecule has 3 nitrogen and oxygen atoms in total. The molecule has 1 aliphatic rings. The van der Waals surface area contributed by atoms with Crippen molar-refractivity contribution < 1.29 is 9.47 Å². The van der Waals surface area contributed by atoms with E-state index in [-0.39, 0.29) is 6.04 Å². The summed E-state index contributed by atoms with van der Waals surface area (Å²) in [6, 6.07) is 6.01. The molecule has 2 rings (SSSR count). The van der Waals surface area contributed by atoms with E-state index >= 15 is 0 Å². The van der Waals surface area contributed by atoms with Crippen LogP contribution >= 0.6 is 0 Å². The Balaban J connectivity index is 2.02. The number of hydrogen-bond acceptors (Lipinski definition) is 3. The van der Waals surface area contributed by atoms with Crippen molar-refractivity contribution in [3.05, 3.63) is 23.8 Å². The molecule has 1 aromatic rings. The largest absolute Gasteiger partial charge is 0.493 e. The zero-order valence-corrected chi connectivity index (χ0v) is 12.9.